The third-order valence-electron chi connectivity index (χ3n) is 5.42. The lowest BCUT2D eigenvalue weighted by atomic mass is 9.89. The summed E-state index contributed by atoms with van der Waals surface area (Å²) in [6.45, 7) is 2.70. The van der Waals surface area contributed by atoms with Crippen LogP contribution in [0, 0.1) is 5.92 Å². The number of para-hydroxylation sites is 1. The van der Waals surface area contributed by atoms with E-state index in [-0.39, 0.29) is 18.5 Å². The number of rotatable bonds is 6. The molecule has 2 aromatic rings. The van der Waals surface area contributed by atoms with Gasteiger partial charge in [-0.1, -0.05) is 12.1 Å². The van der Waals surface area contributed by atoms with E-state index in [0.29, 0.717) is 17.1 Å². The van der Waals surface area contributed by atoms with E-state index in [1.807, 2.05) is 12.1 Å². The van der Waals surface area contributed by atoms with Gasteiger partial charge in [-0.05, 0) is 37.6 Å². The molecule has 0 aliphatic carbocycles. The zero-order valence-electron chi connectivity index (χ0n) is 16.3. The summed E-state index contributed by atoms with van der Waals surface area (Å²) in [5.74, 6) is 2.94. The number of nitrogens with zero attached hydrogens (tertiary/aromatic N) is 1. The summed E-state index contributed by atoms with van der Waals surface area (Å²) in [6.07, 6.45) is 1.87. The first-order valence-electron chi connectivity index (χ1n) is 9.55. The van der Waals surface area contributed by atoms with E-state index in [9.17, 15) is 4.79 Å². The van der Waals surface area contributed by atoms with Crippen LogP contribution in [0.5, 0.6) is 23.0 Å². The zero-order chi connectivity index (χ0) is 19.5. The largest absolute Gasteiger partial charge is 0.497 e. The van der Waals surface area contributed by atoms with Crippen LogP contribution in [0.2, 0.25) is 0 Å². The fourth-order valence-electron chi connectivity index (χ4n) is 3.99. The van der Waals surface area contributed by atoms with Gasteiger partial charge in [-0.2, -0.15) is 0 Å². The monoisotopic (exact) mass is 383 g/mol. The Hall–Kier alpha value is -2.73. The molecular weight excluding hydrogens is 358 g/mol. The average Bonchev–Trinajstić information content (AvgIpc) is 3.23. The summed E-state index contributed by atoms with van der Waals surface area (Å²) in [4.78, 5) is 15.5. The van der Waals surface area contributed by atoms with Gasteiger partial charge in [0.2, 0.25) is 6.79 Å². The maximum absolute atomic E-state index is 13.2. The predicted molar refractivity (Wildman–Crippen MR) is 104 cm³/mol. The van der Waals surface area contributed by atoms with Gasteiger partial charge in [0.25, 0.3) is 0 Å². The van der Waals surface area contributed by atoms with Gasteiger partial charge >= 0.3 is 0 Å². The zero-order valence-corrected chi connectivity index (χ0v) is 16.3. The molecule has 0 spiro atoms. The van der Waals surface area contributed by atoms with Crippen molar-refractivity contribution in [1.29, 1.82) is 0 Å². The van der Waals surface area contributed by atoms with Gasteiger partial charge in [0, 0.05) is 30.6 Å². The van der Waals surface area contributed by atoms with E-state index in [1.54, 1.807) is 32.4 Å². The molecule has 2 aliphatic rings. The number of piperidine rings is 1. The van der Waals surface area contributed by atoms with Crippen molar-refractivity contribution in [3.8, 4) is 23.0 Å². The molecule has 0 amide bonds. The standard InChI is InChI=1S/C22H25NO5/c1-25-17-8-9-18(20(11-17)26-2)21(24)15-6-4-10-23(12-15)13-16-5-3-7-19-22(16)28-14-27-19/h3,5,7-9,11,15H,4,6,10,12-14H2,1-2H3. The molecule has 2 aliphatic heterocycles. The molecule has 1 unspecified atom stereocenters. The highest BCUT2D eigenvalue weighted by Gasteiger charge is 2.29. The summed E-state index contributed by atoms with van der Waals surface area (Å²) in [6, 6.07) is 11.3. The summed E-state index contributed by atoms with van der Waals surface area (Å²) >= 11 is 0. The number of methoxy groups -OCH3 is 2. The van der Waals surface area contributed by atoms with E-state index in [4.69, 9.17) is 18.9 Å². The summed E-state index contributed by atoms with van der Waals surface area (Å²) in [5, 5.41) is 0. The minimum Gasteiger partial charge on any atom is -0.497 e. The molecule has 0 N–H and O–H groups in total. The van der Waals surface area contributed by atoms with E-state index in [2.05, 4.69) is 11.0 Å². The van der Waals surface area contributed by atoms with Crippen molar-refractivity contribution in [1.82, 2.24) is 4.90 Å². The van der Waals surface area contributed by atoms with Crippen LogP contribution in [0.1, 0.15) is 28.8 Å². The van der Waals surface area contributed by atoms with Crippen LogP contribution in [0.25, 0.3) is 0 Å². The normalized spacial score (nSPS) is 18.7. The number of carbonyl (C=O) groups excluding carboxylic acids is 1. The molecule has 1 saturated heterocycles. The van der Waals surface area contributed by atoms with Crippen LogP contribution in [0.3, 0.4) is 0 Å². The smallest absolute Gasteiger partial charge is 0.231 e. The number of hydrogen-bond donors (Lipinski definition) is 0. The SMILES string of the molecule is COc1ccc(C(=O)C2CCCN(Cc3cccc4c3OCO4)C2)c(OC)c1. The second-order valence-corrected chi connectivity index (χ2v) is 7.16. The molecule has 6 nitrogen and oxygen atoms in total. The van der Waals surface area contributed by atoms with Gasteiger partial charge in [0.1, 0.15) is 11.5 Å². The Kier molecular flexibility index (Phi) is 5.39. The lowest BCUT2D eigenvalue weighted by molar-refractivity contribution is 0.0807. The molecule has 6 heteroatoms. The van der Waals surface area contributed by atoms with Gasteiger partial charge in [-0.15, -0.1) is 0 Å². The highest BCUT2D eigenvalue weighted by Crippen LogP contribution is 2.37. The topological polar surface area (TPSA) is 57.2 Å². The molecule has 2 aromatic carbocycles. The highest BCUT2D eigenvalue weighted by atomic mass is 16.7. The van der Waals surface area contributed by atoms with Gasteiger partial charge in [0.05, 0.1) is 19.8 Å². The fourth-order valence-corrected chi connectivity index (χ4v) is 3.99. The van der Waals surface area contributed by atoms with Crippen LogP contribution >= 0.6 is 0 Å². The van der Waals surface area contributed by atoms with Crippen molar-refractivity contribution < 1.29 is 23.7 Å². The minimum atomic E-state index is -0.0510. The summed E-state index contributed by atoms with van der Waals surface area (Å²) in [5.41, 5.74) is 1.72. The van der Waals surface area contributed by atoms with Gasteiger partial charge in [-0.3, -0.25) is 9.69 Å². The van der Waals surface area contributed by atoms with Gasteiger partial charge < -0.3 is 18.9 Å². The Bertz CT molecular complexity index is 866. The summed E-state index contributed by atoms with van der Waals surface area (Å²) < 4.78 is 21.8. The molecule has 28 heavy (non-hydrogen) atoms. The molecule has 0 aromatic heterocycles. The molecule has 1 fully saturated rings. The quantitative estimate of drug-likeness (QED) is 0.712. The molecule has 4 rings (SSSR count). The predicted octanol–water partition coefficient (Wildman–Crippen LogP) is 3.53. The molecule has 0 bridgehead atoms. The van der Waals surface area contributed by atoms with Gasteiger partial charge in [-0.25, -0.2) is 0 Å². The molecular formula is C22H25NO5. The lowest BCUT2D eigenvalue weighted by Gasteiger charge is -2.32. The van der Waals surface area contributed by atoms with Gasteiger partial charge in [0.15, 0.2) is 17.3 Å². The number of Topliss-reactive ketones (excluding diaryl/α,β-unsaturated/α-hetero) is 1. The lowest BCUT2D eigenvalue weighted by Crippen LogP contribution is -2.38. The van der Waals surface area contributed by atoms with Crippen molar-refractivity contribution >= 4 is 5.78 Å². The first-order valence-corrected chi connectivity index (χ1v) is 9.55. The Morgan fingerprint density at radius 2 is 2.07 bits per heavy atom. The van der Waals surface area contributed by atoms with Crippen molar-refractivity contribution in [2.45, 2.75) is 19.4 Å². The molecule has 2 heterocycles. The average molecular weight is 383 g/mol. The van der Waals surface area contributed by atoms with Crippen LogP contribution in [-0.4, -0.2) is 44.8 Å². The van der Waals surface area contributed by atoms with Crippen molar-refractivity contribution in [2.75, 3.05) is 34.1 Å². The minimum absolute atomic E-state index is 0.0510. The number of carbonyl (C=O) groups is 1. The van der Waals surface area contributed by atoms with E-state index >= 15 is 0 Å². The number of ether oxygens (including phenoxy) is 4. The fraction of sp³-hybridized carbons (Fsp3) is 0.409. The van der Waals surface area contributed by atoms with Crippen LogP contribution in [0.15, 0.2) is 36.4 Å². The second kappa shape index (κ2) is 8.10. The molecule has 0 saturated carbocycles. The van der Waals surface area contributed by atoms with Crippen LogP contribution < -0.4 is 18.9 Å². The molecule has 1 atom stereocenters. The van der Waals surface area contributed by atoms with Crippen LogP contribution in [-0.2, 0) is 6.54 Å². The maximum atomic E-state index is 13.2. The second-order valence-electron chi connectivity index (χ2n) is 7.16. The molecule has 148 valence electrons. The number of benzene rings is 2. The molecule has 0 radical (unpaired) electrons. The Morgan fingerprint density at radius 3 is 2.89 bits per heavy atom. The third-order valence-corrected chi connectivity index (χ3v) is 5.42. The van der Waals surface area contributed by atoms with Crippen molar-refractivity contribution in [3.63, 3.8) is 0 Å². The number of fused-ring (bicyclic) bond motifs is 1. The van der Waals surface area contributed by atoms with Crippen molar-refractivity contribution in [2.24, 2.45) is 5.92 Å². The highest BCUT2D eigenvalue weighted by molar-refractivity contribution is 6.00. The first-order chi connectivity index (χ1) is 13.7. The summed E-state index contributed by atoms with van der Waals surface area (Å²) in [7, 11) is 3.18. The number of hydrogen-bond acceptors (Lipinski definition) is 6. The Balaban J connectivity index is 1.48. The maximum Gasteiger partial charge on any atom is 0.231 e. The Morgan fingerprint density at radius 1 is 1.18 bits per heavy atom. The number of ketones is 1. The van der Waals surface area contributed by atoms with E-state index in [1.165, 1.54) is 0 Å². The third kappa shape index (κ3) is 3.64. The first kappa shape index (κ1) is 18.6. The van der Waals surface area contributed by atoms with Crippen molar-refractivity contribution in [3.05, 3.63) is 47.5 Å². The van der Waals surface area contributed by atoms with Crippen LogP contribution in [0.4, 0.5) is 0 Å². The Labute approximate surface area is 165 Å². The van der Waals surface area contributed by atoms with E-state index < -0.39 is 0 Å². The van der Waals surface area contributed by atoms with E-state index in [0.717, 1.165) is 49.5 Å². The number of likely N-dealkylation sites (tertiary alicyclic amines) is 1.